The Labute approximate surface area is 120 Å². The Morgan fingerprint density at radius 3 is 2.70 bits per heavy atom. The molecule has 1 aliphatic heterocycles. The number of hydrogen-bond donors (Lipinski definition) is 2. The smallest absolute Gasteiger partial charge is 0.312 e. The van der Waals surface area contributed by atoms with E-state index >= 15 is 0 Å². The van der Waals surface area contributed by atoms with Crippen LogP contribution in [0.4, 0.5) is 0 Å². The van der Waals surface area contributed by atoms with Gasteiger partial charge in [0, 0.05) is 28.1 Å². The number of ether oxygens (including phenoxy) is 1. The molecule has 102 valence electrons. The minimum absolute atomic E-state index is 0.0208. The number of carbonyl (C=O) groups is 1. The maximum Gasteiger partial charge on any atom is 0.312 e. The highest BCUT2D eigenvalue weighted by molar-refractivity contribution is 6.30. The van der Waals surface area contributed by atoms with Crippen LogP contribution in [0.25, 0.3) is 0 Å². The average Bonchev–Trinajstić information content (AvgIpc) is 2.40. The molecule has 0 saturated heterocycles. The number of fused-ring (bicyclic) bond motifs is 1. The summed E-state index contributed by atoms with van der Waals surface area (Å²) in [5.41, 5.74) is 1.31. The number of phenolic OH excluding ortho intramolecular Hbond substituents is 2. The lowest BCUT2D eigenvalue weighted by atomic mass is 9.86. The predicted molar refractivity (Wildman–Crippen MR) is 73.3 cm³/mol. The zero-order valence-electron chi connectivity index (χ0n) is 10.3. The van der Waals surface area contributed by atoms with Crippen molar-refractivity contribution in [3.8, 4) is 17.2 Å². The van der Waals surface area contributed by atoms with Crippen LogP contribution in [0.3, 0.4) is 0 Å². The first-order valence-corrected chi connectivity index (χ1v) is 6.44. The predicted octanol–water partition coefficient (Wildman–Crippen LogP) is 3.19. The van der Waals surface area contributed by atoms with Crippen molar-refractivity contribution in [1.82, 2.24) is 0 Å². The molecule has 5 heteroatoms. The third kappa shape index (κ3) is 2.18. The summed E-state index contributed by atoms with van der Waals surface area (Å²) in [7, 11) is 0. The number of carbonyl (C=O) groups excluding carboxylic acids is 1. The van der Waals surface area contributed by atoms with Crippen LogP contribution in [0.2, 0.25) is 5.02 Å². The van der Waals surface area contributed by atoms with E-state index in [1.807, 2.05) is 0 Å². The van der Waals surface area contributed by atoms with Crippen molar-refractivity contribution >= 4 is 17.6 Å². The van der Waals surface area contributed by atoms with Crippen molar-refractivity contribution in [2.24, 2.45) is 0 Å². The van der Waals surface area contributed by atoms with Crippen LogP contribution >= 0.6 is 11.6 Å². The second-order valence-corrected chi connectivity index (χ2v) is 5.09. The van der Waals surface area contributed by atoms with Gasteiger partial charge in [-0.05, 0) is 24.3 Å². The molecule has 0 bridgehead atoms. The van der Waals surface area contributed by atoms with E-state index in [9.17, 15) is 15.0 Å². The first kappa shape index (κ1) is 12.8. The number of phenols is 2. The number of aromatic hydroxyl groups is 2. The maximum atomic E-state index is 11.7. The molecule has 3 rings (SSSR count). The number of benzene rings is 2. The Morgan fingerprint density at radius 2 is 1.90 bits per heavy atom. The lowest BCUT2D eigenvalue weighted by Gasteiger charge is -2.25. The summed E-state index contributed by atoms with van der Waals surface area (Å²) < 4.78 is 5.12. The number of hydrogen-bond acceptors (Lipinski definition) is 4. The van der Waals surface area contributed by atoms with Crippen LogP contribution in [-0.4, -0.2) is 16.2 Å². The Bertz CT molecular complexity index is 696. The van der Waals surface area contributed by atoms with Crippen molar-refractivity contribution < 1.29 is 19.7 Å². The van der Waals surface area contributed by atoms with E-state index in [0.717, 1.165) is 5.56 Å². The van der Waals surface area contributed by atoms with Gasteiger partial charge in [-0.1, -0.05) is 17.7 Å². The van der Waals surface area contributed by atoms with Crippen molar-refractivity contribution in [3.63, 3.8) is 0 Å². The fourth-order valence-electron chi connectivity index (χ4n) is 2.42. The molecule has 0 amide bonds. The molecule has 1 heterocycles. The van der Waals surface area contributed by atoms with E-state index < -0.39 is 5.97 Å². The Balaban J connectivity index is 2.15. The van der Waals surface area contributed by atoms with Crippen LogP contribution < -0.4 is 4.74 Å². The van der Waals surface area contributed by atoms with Gasteiger partial charge >= 0.3 is 5.97 Å². The normalized spacial score (nSPS) is 17.4. The number of halogens is 1. The fraction of sp³-hybridized carbons (Fsp3) is 0.133. The molecular formula is C15H11ClO4. The zero-order valence-corrected chi connectivity index (χ0v) is 11.1. The zero-order chi connectivity index (χ0) is 14.3. The van der Waals surface area contributed by atoms with E-state index in [4.69, 9.17) is 16.3 Å². The molecule has 2 aromatic rings. The summed E-state index contributed by atoms with van der Waals surface area (Å²) in [5, 5.41) is 19.9. The monoisotopic (exact) mass is 290 g/mol. The summed E-state index contributed by atoms with van der Waals surface area (Å²) in [5.74, 6) is -0.343. The lowest BCUT2D eigenvalue weighted by Crippen LogP contribution is -2.21. The van der Waals surface area contributed by atoms with Crippen LogP contribution in [0.5, 0.6) is 17.2 Å². The van der Waals surface area contributed by atoms with Gasteiger partial charge in [-0.15, -0.1) is 0 Å². The van der Waals surface area contributed by atoms with Gasteiger partial charge in [-0.2, -0.15) is 0 Å². The summed E-state index contributed by atoms with van der Waals surface area (Å²) in [6, 6.07) is 9.31. The second kappa shape index (κ2) is 4.72. The second-order valence-electron chi connectivity index (χ2n) is 4.66. The molecule has 1 atom stereocenters. The van der Waals surface area contributed by atoms with Crippen molar-refractivity contribution in [2.45, 2.75) is 12.3 Å². The highest BCUT2D eigenvalue weighted by Gasteiger charge is 2.30. The van der Waals surface area contributed by atoms with Gasteiger partial charge in [0.1, 0.15) is 17.2 Å². The third-order valence-electron chi connectivity index (χ3n) is 3.33. The summed E-state index contributed by atoms with van der Waals surface area (Å²) in [4.78, 5) is 11.7. The van der Waals surface area contributed by atoms with E-state index in [1.54, 1.807) is 18.2 Å². The Morgan fingerprint density at radius 1 is 1.10 bits per heavy atom. The van der Waals surface area contributed by atoms with E-state index in [-0.39, 0.29) is 23.8 Å². The van der Waals surface area contributed by atoms with Gasteiger partial charge in [0.25, 0.3) is 0 Å². The average molecular weight is 291 g/mol. The summed E-state index contributed by atoms with van der Waals surface area (Å²) in [6.07, 6.45) is 0.117. The lowest BCUT2D eigenvalue weighted by molar-refractivity contribution is -0.135. The molecule has 2 N–H and O–H groups in total. The van der Waals surface area contributed by atoms with E-state index in [0.29, 0.717) is 16.3 Å². The Hall–Kier alpha value is -2.20. The minimum atomic E-state index is -0.410. The van der Waals surface area contributed by atoms with Gasteiger partial charge in [0.15, 0.2) is 0 Å². The van der Waals surface area contributed by atoms with Crippen LogP contribution in [0.1, 0.15) is 23.5 Å². The first-order chi connectivity index (χ1) is 9.54. The van der Waals surface area contributed by atoms with Gasteiger partial charge < -0.3 is 14.9 Å². The van der Waals surface area contributed by atoms with E-state index in [2.05, 4.69) is 0 Å². The highest BCUT2D eigenvalue weighted by Crippen LogP contribution is 2.43. The maximum absolute atomic E-state index is 11.7. The van der Waals surface area contributed by atoms with Gasteiger partial charge in [-0.3, -0.25) is 4.79 Å². The van der Waals surface area contributed by atoms with Crippen molar-refractivity contribution in [2.75, 3.05) is 0 Å². The molecule has 0 radical (unpaired) electrons. The molecule has 0 saturated carbocycles. The van der Waals surface area contributed by atoms with Gasteiger partial charge in [0.05, 0.1) is 6.42 Å². The molecule has 0 spiro atoms. The standard InChI is InChI=1S/C15H11ClO4/c16-8-1-4-13(18)12(5-8)11-7-15(19)20-14-6-9(17)2-3-10(11)14/h1-6,11,17-18H,7H2. The van der Waals surface area contributed by atoms with E-state index in [1.165, 1.54) is 18.2 Å². The molecule has 1 aliphatic rings. The van der Waals surface area contributed by atoms with Crippen LogP contribution in [0.15, 0.2) is 36.4 Å². The molecular weight excluding hydrogens is 280 g/mol. The Kier molecular flexibility index (Phi) is 3.03. The largest absolute Gasteiger partial charge is 0.508 e. The topological polar surface area (TPSA) is 66.8 Å². The quantitative estimate of drug-likeness (QED) is 0.625. The van der Waals surface area contributed by atoms with Crippen LogP contribution in [0, 0.1) is 0 Å². The molecule has 0 fully saturated rings. The fourth-order valence-corrected chi connectivity index (χ4v) is 2.60. The SMILES string of the molecule is O=C1CC(c2cc(Cl)ccc2O)c2ccc(O)cc2O1. The molecule has 1 unspecified atom stereocenters. The van der Waals surface area contributed by atoms with Gasteiger partial charge in [0.2, 0.25) is 0 Å². The molecule has 4 nitrogen and oxygen atoms in total. The molecule has 0 aromatic heterocycles. The third-order valence-corrected chi connectivity index (χ3v) is 3.57. The minimum Gasteiger partial charge on any atom is -0.508 e. The highest BCUT2D eigenvalue weighted by atomic mass is 35.5. The number of rotatable bonds is 1. The molecule has 0 aliphatic carbocycles. The summed E-state index contributed by atoms with van der Waals surface area (Å²) >= 11 is 5.96. The van der Waals surface area contributed by atoms with Crippen molar-refractivity contribution in [3.05, 3.63) is 52.5 Å². The van der Waals surface area contributed by atoms with Gasteiger partial charge in [-0.25, -0.2) is 0 Å². The summed E-state index contributed by atoms with van der Waals surface area (Å²) in [6.45, 7) is 0. The first-order valence-electron chi connectivity index (χ1n) is 6.06. The number of esters is 1. The van der Waals surface area contributed by atoms with Crippen molar-refractivity contribution in [1.29, 1.82) is 0 Å². The molecule has 2 aromatic carbocycles. The molecule has 20 heavy (non-hydrogen) atoms. The van der Waals surface area contributed by atoms with Crippen LogP contribution in [-0.2, 0) is 4.79 Å².